The zero-order valence-electron chi connectivity index (χ0n) is 11.7. The van der Waals surface area contributed by atoms with Gasteiger partial charge in [0.15, 0.2) is 10.8 Å². The van der Waals surface area contributed by atoms with Gasteiger partial charge in [-0.05, 0) is 30.4 Å². The zero-order valence-corrected chi connectivity index (χ0v) is 12.5. The predicted molar refractivity (Wildman–Crippen MR) is 78.2 cm³/mol. The lowest BCUT2D eigenvalue weighted by molar-refractivity contribution is 0.282. The molecule has 1 unspecified atom stereocenters. The Morgan fingerprint density at radius 3 is 2.95 bits per heavy atom. The van der Waals surface area contributed by atoms with Crippen molar-refractivity contribution in [2.75, 3.05) is 0 Å². The van der Waals surface area contributed by atoms with E-state index >= 15 is 0 Å². The largest absolute Gasteiger partial charge is 0.459 e. The molecule has 19 heavy (non-hydrogen) atoms. The van der Waals surface area contributed by atoms with Gasteiger partial charge >= 0.3 is 0 Å². The summed E-state index contributed by atoms with van der Waals surface area (Å²) in [6.45, 7) is 6.61. The fourth-order valence-electron chi connectivity index (χ4n) is 2.78. The van der Waals surface area contributed by atoms with Gasteiger partial charge in [-0.1, -0.05) is 20.8 Å². The molecule has 0 bridgehead atoms. The van der Waals surface area contributed by atoms with Gasteiger partial charge < -0.3 is 10.2 Å². The summed E-state index contributed by atoms with van der Waals surface area (Å²) in [4.78, 5) is 6.00. The second-order valence-electron chi connectivity index (χ2n) is 6.10. The van der Waals surface area contributed by atoms with Crippen LogP contribution in [0.5, 0.6) is 0 Å². The third kappa shape index (κ3) is 2.35. The van der Waals surface area contributed by atoms with Gasteiger partial charge in [-0.3, -0.25) is 0 Å². The quantitative estimate of drug-likeness (QED) is 0.904. The van der Waals surface area contributed by atoms with Gasteiger partial charge in [0, 0.05) is 17.3 Å². The second kappa shape index (κ2) is 4.46. The van der Waals surface area contributed by atoms with E-state index in [-0.39, 0.29) is 11.5 Å². The summed E-state index contributed by atoms with van der Waals surface area (Å²) in [5.41, 5.74) is 7.70. The van der Waals surface area contributed by atoms with E-state index in [9.17, 15) is 0 Å². The number of nitrogens with zero attached hydrogens (tertiary/aromatic N) is 1. The highest BCUT2D eigenvalue weighted by atomic mass is 32.1. The lowest BCUT2D eigenvalue weighted by atomic mass is 9.77. The molecule has 0 amide bonds. The van der Waals surface area contributed by atoms with Crippen molar-refractivity contribution in [3.8, 4) is 10.8 Å². The second-order valence-corrected chi connectivity index (χ2v) is 7.13. The molecule has 3 nitrogen and oxygen atoms in total. The molecule has 4 heteroatoms. The van der Waals surface area contributed by atoms with Crippen LogP contribution in [0.25, 0.3) is 10.8 Å². The van der Waals surface area contributed by atoms with E-state index in [0.717, 1.165) is 41.5 Å². The van der Waals surface area contributed by atoms with Crippen LogP contribution in [0.2, 0.25) is 0 Å². The van der Waals surface area contributed by atoms with E-state index in [4.69, 9.17) is 15.1 Å². The molecule has 0 aliphatic heterocycles. The van der Waals surface area contributed by atoms with Crippen LogP contribution in [0, 0.1) is 5.41 Å². The van der Waals surface area contributed by atoms with Crippen molar-refractivity contribution < 1.29 is 4.42 Å². The normalized spacial score (nSPS) is 21.4. The van der Waals surface area contributed by atoms with Gasteiger partial charge in [-0.2, -0.15) is 0 Å². The highest BCUT2D eigenvalue weighted by Crippen LogP contribution is 2.43. The summed E-state index contributed by atoms with van der Waals surface area (Å²) in [6.07, 6.45) is 2.95. The van der Waals surface area contributed by atoms with Crippen LogP contribution in [0.1, 0.15) is 49.6 Å². The average molecular weight is 276 g/mol. The monoisotopic (exact) mass is 276 g/mol. The van der Waals surface area contributed by atoms with Gasteiger partial charge in [0.25, 0.3) is 0 Å². The van der Waals surface area contributed by atoms with E-state index < -0.39 is 0 Å². The van der Waals surface area contributed by atoms with Gasteiger partial charge in [0.05, 0.1) is 5.69 Å². The fraction of sp³-hybridized carbons (Fsp3) is 0.533. The van der Waals surface area contributed by atoms with Crippen molar-refractivity contribution >= 4 is 11.3 Å². The minimum absolute atomic E-state index is 0.116. The molecule has 3 rings (SSSR count). The highest BCUT2D eigenvalue weighted by Gasteiger charge is 2.33. The van der Waals surface area contributed by atoms with Crippen LogP contribution >= 0.6 is 11.3 Å². The smallest absolute Gasteiger partial charge is 0.162 e. The van der Waals surface area contributed by atoms with E-state index in [0.29, 0.717) is 0 Å². The predicted octanol–water partition coefficient (Wildman–Crippen LogP) is 3.94. The number of thiazole rings is 1. The molecule has 102 valence electrons. The Bertz CT molecular complexity index is 597. The summed E-state index contributed by atoms with van der Waals surface area (Å²) < 4.78 is 5.79. The Labute approximate surface area is 117 Å². The summed E-state index contributed by atoms with van der Waals surface area (Å²) in [7, 11) is 0. The molecular formula is C15H20N2OS. The Morgan fingerprint density at radius 1 is 1.47 bits per heavy atom. The van der Waals surface area contributed by atoms with Crippen molar-refractivity contribution in [2.24, 2.45) is 11.1 Å². The Kier molecular flexibility index (Phi) is 3.02. The van der Waals surface area contributed by atoms with Crippen LogP contribution < -0.4 is 5.73 Å². The Hall–Kier alpha value is -1.13. The number of hydrogen-bond donors (Lipinski definition) is 1. The first kappa shape index (κ1) is 12.9. The lowest BCUT2D eigenvalue weighted by Gasteiger charge is -2.32. The molecule has 0 saturated carbocycles. The average Bonchev–Trinajstić information content (AvgIpc) is 2.92. The molecular weight excluding hydrogens is 256 g/mol. The Balaban J connectivity index is 1.98. The maximum absolute atomic E-state index is 6.28. The minimum Gasteiger partial charge on any atom is -0.459 e. The molecule has 0 spiro atoms. The topological polar surface area (TPSA) is 52.0 Å². The summed E-state index contributed by atoms with van der Waals surface area (Å²) in [6, 6.07) is 4.16. The van der Waals surface area contributed by atoms with Crippen LogP contribution in [-0.4, -0.2) is 4.98 Å². The van der Waals surface area contributed by atoms with Gasteiger partial charge in [0.2, 0.25) is 0 Å². The fourth-order valence-corrected chi connectivity index (χ4v) is 3.83. The number of rotatable bonds is 2. The van der Waals surface area contributed by atoms with Crippen molar-refractivity contribution in [2.45, 2.75) is 46.1 Å². The van der Waals surface area contributed by atoms with E-state index in [1.165, 1.54) is 4.88 Å². The maximum Gasteiger partial charge on any atom is 0.162 e. The van der Waals surface area contributed by atoms with Gasteiger partial charge in [-0.25, -0.2) is 4.98 Å². The maximum atomic E-state index is 6.28. The molecule has 0 saturated heterocycles. The Morgan fingerprint density at radius 2 is 2.26 bits per heavy atom. The molecule has 2 aromatic rings. The number of hydrogen-bond acceptors (Lipinski definition) is 4. The van der Waals surface area contributed by atoms with Crippen molar-refractivity contribution in [3.05, 3.63) is 28.5 Å². The van der Waals surface area contributed by atoms with Gasteiger partial charge in [-0.15, -0.1) is 11.3 Å². The third-order valence-corrected chi connectivity index (χ3v) is 4.95. The standard InChI is InChI=1S/C15H20N2OS/c1-4-9-5-6-12(18-9)14-17-11-8-15(2,3)7-10(16)13(11)19-14/h5-6,10H,4,7-8,16H2,1-3H3. The van der Waals surface area contributed by atoms with E-state index in [1.807, 2.05) is 12.1 Å². The molecule has 2 N–H and O–H groups in total. The molecule has 0 aromatic carbocycles. The number of aryl methyl sites for hydroxylation is 1. The third-order valence-electron chi connectivity index (χ3n) is 3.70. The summed E-state index contributed by atoms with van der Waals surface area (Å²) in [5, 5.41) is 0.970. The molecule has 0 fully saturated rings. The van der Waals surface area contributed by atoms with Crippen molar-refractivity contribution in [1.29, 1.82) is 0 Å². The molecule has 1 aliphatic carbocycles. The SMILES string of the molecule is CCc1ccc(-c2nc3c(s2)C(N)CC(C)(C)C3)o1. The van der Waals surface area contributed by atoms with Crippen molar-refractivity contribution in [1.82, 2.24) is 4.98 Å². The molecule has 1 aliphatic rings. The van der Waals surface area contributed by atoms with Crippen LogP contribution in [-0.2, 0) is 12.8 Å². The van der Waals surface area contributed by atoms with Gasteiger partial charge in [0.1, 0.15) is 5.76 Å². The molecule has 1 atom stereocenters. The first-order chi connectivity index (χ1) is 8.98. The van der Waals surface area contributed by atoms with Crippen LogP contribution in [0.4, 0.5) is 0 Å². The molecule has 2 heterocycles. The zero-order chi connectivity index (χ0) is 13.6. The van der Waals surface area contributed by atoms with Crippen LogP contribution in [0.15, 0.2) is 16.5 Å². The number of nitrogens with two attached hydrogens (primary N) is 1. The highest BCUT2D eigenvalue weighted by molar-refractivity contribution is 7.15. The minimum atomic E-state index is 0.116. The van der Waals surface area contributed by atoms with Crippen molar-refractivity contribution in [3.63, 3.8) is 0 Å². The molecule has 2 aromatic heterocycles. The first-order valence-corrected chi connectivity index (χ1v) is 7.64. The number of aromatic nitrogens is 1. The lowest BCUT2D eigenvalue weighted by Crippen LogP contribution is -2.28. The number of fused-ring (bicyclic) bond motifs is 1. The first-order valence-electron chi connectivity index (χ1n) is 6.83. The summed E-state index contributed by atoms with van der Waals surface area (Å²) in [5.74, 6) is 1.88. The van der Waals surface area contributed by atoms with Crippen LogP contribution in [0.3, 0.4) is 0 Å². The van der Waals surface area contributed by atoms with E-state index in [2.05, 4.69) is 20.8 Å². The van der Waals surface area contributed by atoms with E-state index in [1.54, 1.807) is 11.3 Å². The summed E-state index contributed by atoms with van der Waals surface area (Å²) >= 11 is 1.69. The molecule has 0 radical (unpaired) electrons. The number of furan rings is 1.